The van der Waals surface area contributed by atoms with E-state index in [9.17, 15) is 4.79 Å². The molecule has 0 amide bonds. The van der Waals surface area contributed by atoms with Gasteiger partial charge in [0.05, 0.1) is 18.0 Å². The van der Waals surface area contributed by atoms with E-state index in [-0.39, 0.29) is 5.69 Å². The second-order valence-corrected chi connectivity index (χ2v) is 5.41. The van der Waals surface area contributed by atoms with Crippen LogP contribution in [0.25, 0.3) is 0 Å². The van der Waals surface area contributed by atoms with Crippen molar-refractivity contribution in [1.82, 2.24) is 9.78 Å². The zero-order chi connectivity index (χ0) is 13.8. The standard InChI is InChI=1S/C12H10Cl2N2O2S/c1-18-12(17)10-4-5-16(15-10)7-19-11-6-8(13)2-3-9(11)14/h2-6H,7H2,1H3. The second-order valence-electron chi connectivity index (χ2n) is 3.58. The highest BCUT2D eigenvalue weighted by Crippen LogP contribution is 2.30. The molecule has 1 aromatic heterocycles. The smallest absolute Gasteiger partial charge is 0.358 e. The van der Waals surface area contributed by atoms with Crippen molar-refractivity contribution in [2.24, 2.45) is 0 Å². The molecule has 0 unspecified atom stereocenters. The van der Waals surface area contributed by atoms with Crippen molar-refractivity contribution in [3.05, 3.63) is 46.2 Å². The van der Waals surface area contributed by atoms with Crippen LogP contribution in [-0.2, 0) is 10.6 Å². The van der Waals surface area contributed by atoms with E-state index < -0.39 is 5.97 Å². The van der Waals surface area contributed by atoms with Gasteiger partial charge in [0.25, 0.3) is 0 Å². The predicted molar refractivity (Wildman–Crippen MR) is 75.9 cm³/mol. The average molecular weight is 317 g/mol. The van der Waals surface area contributed by atoms with E-state index in [1.807, 2.05) is 0 Å². The van der Waals surface area contributed by atoms with E-state index in [1.165, 1.54) is 18.9 Å². The van der Waals surface area contributed by atoms with Gasteiger partial charge in [0.15, 0.2) is 5.69 Å². The van der Waals surface area contributed by atoms with Crippen molar-refractivity contribution >= 4 is 40.9 Å². The highest BCUT2D eigenvalue weighted by molar-refractivity contribution is 7.98. The molecule has 2 aromatic rings. The Bertz CT molecular complexity index is 601. The zero-order valence-corrected chi connectivity index (χ0v) is 12.3. The Morgan fingerprint density at radius 2 is 2.21 bits per heavy atom. The van der Waals surface area contributed by atoms with E-state index in [2.05, 4.69) is 9.84 Å². The first-order valence-electron chi connectivity index (χ1n) is 5.30. The van der Waals surface area contributed by atoms with Gasteiger partial charge in [0, 0.05) is 16.1 Å². The third kappa shape index (κ3) is 3.65. The topological polar surface area (TPSA) is 44.1 Å². The summed E-state index contributed by atoms with van der Waals surface area (Å²) in [6, 6.07) is 6.87. The molecule has 0 saturated carbocycles. The number of hydrogen-bond acceptors (Lipinski definition) is 4. The molecule has 2 rings (SSSR count). The predicted octanol–water partition coefficient (Wildman–Crippen LogP) is 3.73. The Morgan fingerprint density at radius 3 is 2.95 bits per heavy atom. The molecule has 0 bridgehead atoms. The van der Waals surface area contributed by atoms with E-state index in [0.717, 1.165) is 4.90 Å². The van der Waals surface area contributed by atoms with Crippen LogP contribution < -0.4 is 0 Å². The first kappa shape index (κ1) is 14.2. The Kier molecular flexibility index (Phi) is 4.74. The maximum absolute atomic E-state index is 11.3. The number of halogens is 2. The van der Waals surface area contributed by atoms with Gasteiger partial charge in [-0.3, -0.25) is 4.68 Å². The summed E-state index contributed by atoms with van der Waals surface area (Å²) in [5.74, 6) is 0.0707. The lowest BCUT2D eigenvalue weighted by atomic mass is 10.4. The van der Waals surface area contributed by atoms with Crippen molar-refractivity contribution in [2.45, 2.75) is 10.8 Å². The molecule has 19 heavy (non-hydrogen) atoms. The van der Waals surface area contributed by atoms with Crippen LogP contribution >= 0.6 is 35.0 Å². The fourth-order valence-corrected chi connectivity index (χ4v) is 2.72. The minimum Gasteiger partial charge on any atom is -0.464 e. The number of carbonyl (C=O) groups excluding carboxylic acids is 1. The van der Waals surface area contributed by atoms with Gasteiger partial charge in [-0.1, -0.05) is 23.2 Å². The Hall–Kier alpha value is -1.17. The maximum Gasteiger partial charge on any atom is 0.358 e. The number of thioether (sulfide) groups is 1. The number of methoxy groups -OCH3 is 1. The highest BCUT2D eigenvalue weighted by Gasteiger charge is 2.09. The third-order valence-electron chi connectivity index (χ3n) is 2.28. The first-order valence-corrected chi connectivity index (χ1v) is 7.04. The van der Waals surface area contributed by atoms with Crippen LogP contribution in [0.5, 0.6) is 0 Å². The van der Waals surface area contributed by atoms with Crippen LogP contribution in [0.1, 0.15) is 10.5 Å². The largest absolute Gasteiger partial charge is 0.464 e. The van der Waals surface area contributed by atoms with Gasteiger partial charge in [0.2, 0.25) is 0 Å². The minimum absolute atomic E-state index is 0.278. The van der Waals surface area contributed by atoms with E-state index >= 15 is 0 Å². The molecule has 0 saturated heterocycles. The first-order chi connectivity index (χ1) is 9.10. The number of rotatable bonds is 4. The Labute approximate surface area is 124 Å². The van der Waals surface area contributed by atoms with Crippen LogP contribution in [0.3, 0.4) is 0 Å². The molecule has 0 N–H and O–H groups in total. The van der Waals surface area contributed by atoms with Crippen molar-refractivity contribution in [3.8, 4) is 0 Å². The third-order valence-corrected chi connectivity index (χ3v) is 4.00. The van der Waals surface area contributed by atoms with Gasteiger partial charge in [-0.25, -0.2) is 4.79 Å². The molecule has 0 atom stereocenters. The number of esters is 1. The fraction of sp³-hybridized carbons (Fsp3) is 0.167. The van der Waals surface area contributed by atoms with Gasteiger partial charge < -0.3 is 4.74 Å². The van der Waals surface area contributed by atoms with Gasteiger partial charge in [-0.05, 0) is 24.3 Å². The minimum atomic E-state index is -0.454. The quantitative estimate of drug-likeness (QED) is 0.637. The molecule has 0 spiro atoms. The van der Waals surface area contributed by atoms with Gasteiger partial charge in [-0.2, -0.15) is 5.10 Å². The summed E-state index contributed by atoms with van der Waals surface area (Å²) in [6.45, 7) is 0. The van der Waals surface area contributed by atoms with Gasteiger partial charge in [-0.15, -0.1) is 11.8 Å². The molecule has 4 nitrogen and oxygen atoms in total. The normalized spacial score (nSPS) is 10.5. The summed E-state index contributed by atoms with van der Waals surface area (Å²) in [5, 5.41) is 5.35. The molecule has 100 valence electrons. The molecule has 0 aliphatic carbocycles. The Morgan fingerprint density at radius 1 is 1.42 bits per heavy atom. The number of nitrogens with zero attached hydrogens (tertiary/aromatic N) is 2. The number of hydrogen-bond donors (Lipinski definition) is 0. The summed E-state index contributed by atoms with van der Waals surface area (Å²) in [5.41, 5.74) is 0.278. The SMILES string of the molecule is COC(=O)c1ccn(CSc2cc(Cl)ccc2Cl)n1. The zero-order valence-electron chi connectivity index (χ0n) is 9.97. The molecular weight excluding hydrogens is 307 g/mol. The summed E-state index contributed by atoms with van der Waals surface area (Å²) >= 11 is 13.4. The monoisotopic (exact) mass is 316 g/mol. The molecule has 7 heteroatoms. The lowest BCUT2D eigenvalue weighted by Crippen LogP contribution is -2.04. The van der Waals surface area contributed by atoms with Crippen LogP contribution in [0.15, 0.2) is 35.4 Å². The molecule has 0 fully saturated rings. The number of ether oxygens (including phenoxy) is 1. The van der Waals surface area contributed by atoms with Crippen LogP contribution in [-0.4, -0.2) is 22.9 Å². The second kappa shape index (κ2) is 6.32. The molecule has 0 radical (unpaired) electrons. The fourth-order valence-electron chi connectivity index (χ4n) is 1.37. The lowest BCUT2D eigenvalue weighted by molar-refractivity contribution is 0.0593. The average Bonchev–Trinajstić information content (AvgIpc) is 2.88. The van der Waals surface area contributed by atoms with Crippen LogP contribution in [0.4, 0.5) is 0 Å². The molecule has 0 aliphatic heterocycles. The van der Waals surface area contributed by atoms with Gasteiger partial charge in [0.1, 0.15) is 0 Å². The maximum atomic E-state index is 11.3. The summed E-state index contributed by atoms with van der Waals surface area (Å²) in [7, 11) is 1.32. The van der Waals surface area contributed by atoms with Crippen LogP contribution in [0.2, 0.25) is 10.0 Å². The van der Waals surface area contributed by atoms with E-state index in [0.29, 0.717) is 15.9 Å². The van der Waals surface area contributed by atoms with Crippen molar-refractivity contribution in [2.75, 3.05) is 7.11 Å². The number of carbonyl (C=O) groups is 1. The van der Waals surface area contributed by atoms with Crippen molar-refractivity contribution in [3.63, 3.8) is 0 Å². The highest BCUT2D eigenvalue weighted by atomic mass is 35.5. The summed E-state index contributed by atoms with van der Waals surface area (Å²) < 4.78 is 6.22. The number of benzene rings is 1. The molecule has 1 aromatic carbocycles. The lowest BCUT2D eigenvalue weighted by Gasteiger charge is -2.04. The van der Waals surface area contributed by atoms with Crippen molar-refractivity contribution in [1.29, 1.82) is 0 Å². The molecular formula is C12H10Cl2N2O2S. The van der Waals surface area contributed by atoms with Crippen LogP contribution in [0, 0.1) is 0 Å². The molecule has 0 aliphatic rings. The summed E-state index contributed by atoms with van der Waals surface area (Å²) in [4.78, 5) is 12.1. The van der Waals surface area contributed by atoms with Gasteiger partial charge >= 0.3 is 5.97 Å². The molecule has 1 heterocycles. The van der Waals surface area contributed by atoms with Crippen molar-refractivity contribution < 1.29 is 9.53 Å². The Balaban J connectivity index is 2.04. The number of aromatic nitrogens is 2. The van der Waals surface area contributed by atoms with E-state index in [4.69, 9.17) is 23.2 Å². The summed E-state index contributed by atoms with van der Waals surface area (Å²) in [6.07, 6.45) is 1.71. The van der Waals surface area contributed by atoms with E-state index in [1.54, 1.807) is 35.1 Å².